The van der Waals surface area contributed by atoms with E-state index in [4.69, 9.17) is 4.74 Å². The summed E-state index contributed by atoms with van der Waals surface area (Å²) in [7, 11) is -0.877. The van der Waals surface area contributed by atoms with Gasteiger partial charge in [0.05, 0.1) is 13.1 Å². The number of nitrogens with zero attached hydrogens (tertiary/aromatic N) is 1. The first kappa shape index (κ1) is 23.2. The Bertz CT molecular complexity index is 504. The highest BCUT2D eigenvalue weighted by atomic mass is 127. The summed E-state index contributed by atoms with van der Waals surface area (Å²) in [6, 6.07) is 9.72. The number of rotatable bonds is 8. The summed E-state index contributed by atoms with van der Waals surface area (Å²) in [6.07, 6.45) is 0. The van der Waals surface area contributed by atoms with Crippen molar-refractivity contribution in [2.45, 2.75) is 32.4 Å². The van der Waals surface area contributed by atoms with Gasteiger partial charge >= 0.3 is 0 Å². The number of halogens is 1. The molecule has 1 atom stereocenters. The molecule has 0 aliphatic heterocycles. The van der Waals surface area contributed by atoms with E-state index in [1.807, 2.05) is 58.0 Å². The lowest BCUT2D eigenvalue weighted by atomic mass is 10.3. The highest BCUT2D eigenvalue weighted by Gasteiger charge is 2.18. The molecule has 138 valence electrons. The Kier molecular flexibility index (Phi) is 12.1. The molecule has 0 aliphatic rings. The van der Waals surface area contributed by atoms with Crippen LogP contribution < -0.4 is 15.4 Å². The van der Waals surface area contributed by atoms with Crippen LogP contribution in [0.25, 0.3) is 0 Å². The number of hydrogen-bond acceptors (Lipinski definition) is 3. The second kappa shape index (κ2) is 12.5. The van der Waals surface area contributed by atoms with Crippen molar-refractivity contribution < 1.29 is 8.95 Å². The van der Waals surface area contributed by atoms with E-state index in [0.29, 0.717) is 25.4 Å². The Labute approximate surface area is 165 Å². The third kappa shape index (κ3) is 10.1. The molecule has 0 fully saturated rings. The molecule has 0 saturated carbocycles. The molecule has 1 aromatic carbocycles. The number of nitrogens with one attached hydrogen (secondary N) is 2. The van der Waals surface area contributed by atoms with Gasteiger partial charge in [0.1, 0.15) is 12.4 Å². The summed E-state index contributed by atoms with van der Waals surface area (Å²) >= 11 is 0. The minimum Gasteiger partial charge on any atom is -0.492 e. The van der Waals surface area contributed by atoms with Crippen LogP contribution in [0, 0.1) is 0 Å². The van der Waals surface area contributed by atoms with Gasteiger partial charge < -0.3 is 15.4 Å². The van der Waals surface area contributed by atoms with E-state index in [1.54, 1.807) is 0 Å². The molecule has 5 nitrogen and oxygen atoms in total. The van der Waals surface area contributed by atoms with Crippen LogP contribution in [0.2, 0.25) is 0 Å². The van der Waals surface area contributed by atoms with E-state index in [1.165, 1.54) is 0 Å². The van der Waals surface area contributed by atoms with Gasteiger partial charge in [0.2, 0.25) is 0 Å². The van der Waals surface area contributed by atoms with Crippen molar-refractivity contribution >= 4 is 40.7 Å². The largest absolute Gasteiger partial charge is 0.492 e. The first-order chi connectivity index (χ1) is 10.9. The van der Waals surface area contributed by atoms with E-state index in [2.05, 4.69) is 15.6 Å². The minimum absolute atomic E-state index is 0. The molecule has 2 N–H and O–H groups in total. The molecule has 1 rings (SSSR count). The lowest BCUT2D eigenvalue weighted by molar-refractivity contribution is 0.322. The predicted octanol–water partition coefficient (Wildman–Crippen LogP) is 2.79. The van der Waals surface area contributed by atoms with Crippen molar-refractivity contribution in [3.8, 4) is 5.75 Å². The Morgan fingerprint density at radius 2 is 1.88 bits per heavy atom. The maximum Gasteiger partial charge on any atom is 0.191 e. The molecule has 0 heterocycles. The van der Waals surface area contributed by atoms with E-state index in [0.717, 1.165) is 18.3 Å². The van der Waals surface area contributed by atoms with Crippen LogP contribution >= 0.6 is 24.0 Å². The van der Waals surface area contributed by atoms with Crippen LogP contribution in [0.5, 0.6) is 5.75 Å². The summed E-state index contributed by atoms with van der Waals surface area (Å²) in [5.74, 6) is 2.16. The van der Waals surface area contributed by atoms with Gasteiger partial charge in [-0.15, -0.1) is 24.0 Å². The summed E-state index contributed by atoms with van der Waals surface area (Å²) in [5, 5.41) is 6.40. The van der Waals surface area contributed by atoms with Gasteiger partial charge in [-0.05, 0) is 39.8 Å². The quantitative estimate of drug-likeness (QED) is 0.267. The van der Waals surface area contributed by atoms with Crippen molar-refractivity contribution in [3.05, 3.63) is 30.3 Å². The van der Waals surface area contributed by atoms with Crippen LogP contribution in [0.4, 0.5) is 0 Å². The highest BCUT2D eigenvalue weighted by molar-refractivity contribution is 14.0. The fraction of sp³-hybridized carbons (Fsp3) is 0.588. The second-order valence-electron chi connectivity index (χ2n) is 6.01. The van der Waals surface area contributed by atoms with Crippen molar-refractivity contribution in [1.82, 2.24) is 10.6 Å². The first-order valence-electron chi connectivity index (χ1n) is 8.02. The highest BCUT2D eigenvalue weighted by Crippen LogP contribution is 2.10. The molecule has 24 heavy (non-hydrogen) atoms. The van der Waals surface area contributed by atoms with Gasteiger partial charge in [-0.2, -0.15) is 0 Å². The molecular weight excluding hydrogens is 437 g/mol. The maximum atomic E-state index is 12.0. The fourth-order valence-electron chi connectivity index (χ4n) is 1.74. The van der Waals surface area contributed by atoms with Crippen molar-refractivity contribution in [3.63, 3.8) is 0 Å². The van der Waals surface area contributed by atoms with Crippen molar-refractivity contribution in [1.29, 1.82) is 0 Å². The molecule has 0 aromatic heterocycles. The van der Waals surface area contributed by atoms with Gasteiger partial charge in [0.15, 0.2) is 5.96 Å². The third-order valence-electron chi connectivity index (χ3n) is 2.98. The van der Waals surface area contributed by atoms with Crippen molar-refractivity contribution in [2.24, 2.45) is 4.99 Å². The molecule has 0 bridgehead atoms. The maximum absolute atomic E-state index is 12.0. The lowest BCUT2D eigenvalue weighted by Crippen LogP contribution is -2.39. The zero-order valence-corrected chi connectivity index (χ0v) is 18.1. The third-order valence-corrected chi connectivity index (χ3v) is 4.90. The Balaban J connectivity index is 0.00000529. The number of para-hydroxylation sites is 1. The second-order valence-corrected chi connectivity index (χ2v) is 8.34. The molecule has 0 amide bonds. The Morgan fingerprint density at radius 1 is 1.21 bits per heavy atom. The van der Waals surface area contributed by atoms with E-state index in [9.17, 15) is 4.21 Å². The fourth-order valence-corrected chi connectivity index (χ4v) is 2.61. The number of aliphatic imine (C=N–C) groups is 1. The zero-order chi connectivity index (χ0) is 17.1. The van der Waals surface area contributed by atoms with Gasteiger partial charge in [-0.1, -0.05) is 18.2 Å². The summed E-state index contributed by atoms with van der Waals surface area (Å²) in [5.41, 5.74) is 0. The van der Waals surface area contributed by atoms with Crippen molar-refractivity contribution in [2.75, 3.05) is 32.0 Å². The summed E-state index contributed by atoms with van der Waals surface area (Å²) in [6.45, 7) is 10.5. The summed E-state index contributed by atoms with van der Waals surface area (Å²) in [4.78, 5) is 4.46. The van der Waals surface area contributed by atoms with Gasteiger partial charge in [-0.25, -0.2) is 0 Å². The predicted molar refractivity (Wildman–Crippen MR) is 114 cm³/mol. The smallest absolute Gasteiger partial charge is 0.191 e. The van der Waals surface area contributed by atoms with Crippen LogP contribution in [0.1, 0.15) is 27.7 Å². The average molecular weight is 467 g/mol. The monoisotopic (exact) mass is 467 g/mol. The van der Waals surface area contributed by atoms with Crippen LogP contribution in [-0.4, -0.2) is 46.9 Å². The number of ether oxygens (including phenoxy) is 1. The first-order valence-corrected chi connectivity index (χ1v) is 9.34. The number of guanidine groups is 1. The summed E-state index contributed by atoms with van der Waals surface area (Å²) < 4.78 is 17.4. The molecule has 0 spiro atoms. The Hall–Kier alpha value is -0.830. The lowest BCUT2D eigenvalue weighted by Gasteiger charge is -2.17. The average Bonchev–Trinajstić information content (AvgIpc) is 2.51. The molecule has 0 aliphatic carbocycles. The molecule has 1 aromatic rings. The molecule has 0 saturated heterocycles. The van der Waals surface area contributed by atoms with Crippen LogP contribution in [-0.2, 0) is 10.8 Å². The molecular formula is C17H30IN3O2S. The van der Waals surface area contributed by atoms with E-state index >= 15 is 0 Å². The van der Waals surface area contributed by atoms with Gasteiger partial charge in [-0.3, -0.25) is 9.20 Å². The SMILES string of the molecule is CCNC(=NCCS(=O)C(C)(C)C)NCCOc1ccccc1.I. The van der Waals surface area contributed by atoms with Crippen LogP contribution in [0.15, 0.2) is 35.3 Å². The van der Waals surface area contributed by atoms with Crippen LogP contribution in [0.3, 0.4) is 0 Å². The molecule has 1 unspecified atom stereocenters. The Morgan fingerprint density at radius 3 is 2.46 bits per heavy atom. The minimum atomic E-state index is -0.877. The number of hydrogen-bond donors (Lipinski definition) is 2. The zero-order valence-electron chi connectivity index (χ0n) is 15.0. The molecule has 0 radical (unpaired) electrons. The number of benzene rings is 1. The molecule has 7 heteroatoms. The normalized spacial score (nSPS) is 12.9. The van der Waals surface area contributed by atoms with Gasteiger partial charge in [0, 0.05) is 27.8 Å². The van der Waals surface area contributed by atoms with E-state index < -0.39 is 10.8 Å². The van der Waals surface area contributed by atoms with Gasteiger partial charge in [0.25, 0.3) is 0 Å². The topological polar surface area (TPSA) is 62.7 Å². The standard InChI is InChI=1S/C17H29N3O2S.HI/c1-5-18-16(20-12-14-23(21)17(2,3)4)19-11-13-22-15-9-7-6-8-10-15;/h6-10H,5,11-14H2,1-4H3,(H2,18,19,20);1H. The van der Waals surface area contributed by atoms with E-state index in [-0.39, 0.29) is 28.7 Å².